The van der Waals surface area contributed by atoms with Gasteiger partial charge in [-0.3, -0.25) is 0 Å². The molecule has 0 aliphatic heterocycles. The first-order valence-electron chi connectivity index (χ1n) is 6.97. The first kappa shape index (κ1) is 11.4. The molecule has 2 aliphatic rings. The highest BCUT2D eigenvalue weighted by Crippen LogP contribution is 2.58. The highest BCUT2D eigenvalue weighted by Gasteiger charge is 2.57. The zero-order valence-corrected chi connectivity index (χ0v) is 10.7. The molecule has 0 aromatic carbocycles. The third kappa shape index (κ3) is 1.73. The van der Waals surface area contributed by atoms with Crippen molar-refractivity contribution in [3.63, 3.8) is 0 Å². The lowest BCUT2D eigenvalue weighted by Gasteiger charge is -2.62. The molecule has 0 aromatic heterocycles. The van der Waals surface area contributed by atoms with Crippen molar-refractivity contribution in [1.82, 2.24) is 5.32 Å². The predicted molar refractivity (Wildman–Crippen MR) is 65.9 cm³/mol. The maximum Gasteiger partial charge on any atom is 0.0155 e. The van der Waals surface area contributed by atoms with Gasteiger partial charge in [0.2, 0.25) is 0 Å². The molecule has 4 unspecified atom stereocenters. The van der Waals surface area contributed by atoms with Crippen molar-refractivity contribution in [1.29, 1.82) is 0 Å². The third-order valence-electron chi connectivity index (χ3n) is 5.18. The van der Waals surface area contributed by atoms with Crippen LogP contribution in [0.4, 0.5) is 0 Å². The largest absolute Gasteiger partial charge is 0.313 e. The van der Waals surface area contributed by atoms with E-state index >= 15 is 0 Å². The third-order valence-corrected chi connectivity index (χ3v) is 5.18. The van der Waals surface area contributed by atoms with Gasteiger partial charge in [0.1, 0.15) is 0 Å². The molecule has 2 rings (SSSR count). The van der Waals surface area contributed by atoms with Gasteiger partial charge in [-0.2, -0.15) is 0 Å². The molecule has 2 aliphatic carbocycles. The molecule has 1 nitrogen and oxygen atoms in total. The van der Waals surface area contributed by atoms with Crippen LogP contribution in [-0.2, 0) is 0 Å². The van der Waals surface area contributed by atoms with Crippen LogP contribution < -0.4 is 5.32 Å². The molecule has 0 bridgehead atoms. The first-order chi connectivity index (χ1) is 7.24. The summed E-state index contributed by atoms with van der Waals surface area (Å²) in [7, 11) is 0. The topological polar surface area (TPSA) is 12.0 Å². The van der Waals surface area contributed by atoms with E-state index in [1.54, 1.807) is 0 Å². The quantitative estimate of drug-likeness (QED) is 0.746. The predicted octanol–water partition coefficient (Wildman–Crippen LogP) is 3.59. The Balaban J connectivity index is 2.00. The number of fused-ring (bicyclic) bond motifs is 1. The van der Waals surface area contributed by atoms with Gasteiger partial charge in [-0.1, -0.05) is 33.6 Å². The fourth-order valence-corrected chi connectivity index (χ4v) is 4.14. The van der Waals surface area contributed by atoms with Crippen LogP contribution in [0.25, 0.3) is 0 Å². The van der Waals surface area contributed by atoms with Crippen LogP contribution in [0.3, 0.4) is 0 Å². The van der Waals surface area contributed by atoms with E-state index in [1.807, 2.05) is 0 Å². The van der Waals surface area contributed by atoms with Gasteiger partial charge in [0.25, 0.3) is 0 Å². The summed E-state index contributed by atoms with van der Waals surface area (Å²) in [5, 5.41) is 3.81. The lowest BCUT2D eigenvalue weighted by Crippen LogP contribution is -2.65. The zero-order valence-electron chi connectivity index (χ0n) is 10.7. The second-order valence-electron chi connectivity index (χ2n) is 5.85. The Kier molecular flexibility index (Phi) is 3.39. The minimum atomic E-state index is 0.611. The number of hydrogen-bond donors (Lipinski definition) is 1. The molecule has 2 saturated carbocycles. The minimum absolute atomic E-state index is 0.611. The van der Waals surface area contributed by atoms with Crippen molar-refractivity contribution in [2.45, 2.75) is 65.3 Å². The maximum atomic E-state index is 3.81. The number of hydrogen-bond acceptors (Lipinski definition) is 1. The van der Waals surface area contributed by atoms with Crippen molar-refractivity contribution >= 4 is 0 Å². The Bertz CT molecular complexity index is 213. The van der Waals surface area contributed by atoms with Gasteiger partial charge >= 0.3 is 0 Å². The van der Waals surface area contributed by atoms with Gasteiger partial charge in [0, 0.05) is 6.04 Å². The van der Waals surface area contributed by atoms with E-state index in [9.17, 15) is 0 Å². The molecule has 0 aromatic rings. The van der Waals surface area contributed by atoms with Gasteiger partial charge < -0.3 is 5.32 Å². The average molecular weight is 209 g/mol. The van der Waals surface area contributed by atoms with Crippen LogP contribution in [0.5, 0.6) is 0 Å². The summed E-state index contributed by atoms with van der Waals surface area (Å²) in [6.07, 6.45) is 8.58. The van der Waals surface area contributed by atoms with Crippen molar-refractivity contribution in [3.05, 3.63) is 0 Å². The van der Waals surface area contributed by atoms with Crippen LogP contribution in [0, 0.1) is 17.3 Å². The molecular weight excluding hydrogens is 182 g/mol. The molecule has 0 amide bonds. The number of rotatable bonds is 4. The van der Waals surface area contributed by atoms with E-state index in [4.69, 9.17) is 0 Å². The van der Waals surface area contributed by atoms with Crippen LogP contribution in [0.2, 0.25) is 0 Å². The van der Waals surface area contributed by atoms with Crippen molar-refractivity contribution < 1.29 is 0 Å². The highest BCUT2D eigenvalue weighted by atomic mass is 15.0. The fraction of sp³-hybridized carbons (Fsp3) is 1.00. The molecule has 1 heteroatoms. The van der Waals surface area contributed by atoms with Gasteiger partial charge in [0.05, 0.1) is 0 Å². The van der Waals surface area contributed by atoms with Crippen LogP contribution in [-0.4, -0.2) is 12.6 Å². The standard InChI is InChI=1S/C14H27N/c1-4-10-15-13-11-8-6-7-9-12(11)14(13,3)5-2/h11-13,15H,4-10H2,1-3H3. The molecule has 0 saturated heterocycles. The van der Waals surface area contributed by atoms with Crippen molar-refractivity contribution in [3.8, 4) is 0 Å². The van der Waals surface area contributed by atoms with Crippen LogP contribution in [0.15, 0.2) is 0 Å². The summed E-state index contributed by atoms with van der Waals surface area (Å²) in [6, 6.07) is 0.827. The SMILES string of the molecule is CCCNC1C2CCCCC2C1(C)CC. The molecule has 0 spiro atoms. The Morgan fingerprint density at radius 3 is 2.60 bits per heavy atom. The van der Waals surface area contributed by atoms with E-state index in [0.29, 0.717) is 5.41 Å². The Labute approximate surface area is 95.0 Å². The van der Waals surface area contributed by atoms with Crippen LogP contribution >= 0.6 is 0 Å². The van der Waals surface area contributed by atoms with E-state index in [2.05, 4.69) is 26.1 Å². The normalized spacial score (nSPS) is 44.6. The fourth-order valence-electron chi connectivity index (χ4n) is 4.14. The molecule has 1 N–H and O–H groups in total. The Morgan fingerprint density at radius 2 is 1.93 bits per heavy atom. The number of nitrogens with one attached hydrogen (secondary N) is 1. The molecule has 2 fully saturated rings. The van der Waals surface area contributed by atoms with Gasteiger partial charge in [-0.15, -0.1) is 0 Å². The van der Waals surface area contributed by atoms with E-state index in [1.165, 1.54) is 45.1 Å². The molecule has 0 heterocycles. The highest BCUT2D eigenvalue weighted by molar-refractivity contribution is 5.10. The molecule has 15 heavy (non-hydrogen) atoms. The summed E-state index contributed by atoms with van der Waals surface area (Å²) < 4.78 is 0. The smallest absolute Gasteiger partial charge is 0.0155 e. The van der Waals surface area contributed by atoms with Gasteiger partial charge in [0.15, 0.2) is 0 Å². The van der Waals surface area contributed by atoms with Crippen molar-refractivity contribution in [2.75, 3.05) is 6.54 Å². The lowest BCUT2D eigenvalue weighted by molar-refractivity contribution is -0.102. The second kappa shape index (κ2) is 4.45. The van der Waals surface area contributed by atoms with E-state index < -0.39 is 0 Å². The maximum absolute atomic E-state index is 3.81. The molecule has 4 atom stereocenters. The summed E-state index contributed by atoms with van der Waals surface area (Å²) >= 11 is 0. The monoisotopic (exact) mass is 209 g/mol. The Hall–Kier alpha value is -0.0400. The molecule has 88 valence electrons. The summed E-state index contributed by atoms with van der Waals surface area (Å²) in [5.74, 6) is 2.04. The first-order valence-corrected chi connectivity index (χ1v) is 6.97. The van der Waals surface area contributed by atoms with Gasteiger partial charge in [-0.05, 0) is 49.5 Å². The van der Waals surface area contributed by atoms with E-state index in [-0.39, 0.29) is 0 Å². The van der Waals surface area contributed by atoms with Crippen molar-refractivity contribution in [2.24, 2.45) is 17.3 Å². The lowest BCUT2D eigenvalue weighted by atomic mass is 9.46. The zero-order chi connectivity index (χ0) is 10.9. The van der Waals surface area contributed by atoms with Gasteiger partial charge in [-0.25, -0.2) is 0 Å². The molecule has 0 radical (unpaired) electrons. The average Bonchev–Trinajstić information content (AvgIpc) is 2.28. The minimum Gasteiger partial charge on any atom is -0.313 e. The second-order valence-corrected chi connectivity index (χ2v) is 5.85. The summed E-state index contributed by atoms with van der Waals surface area (Å²) in [5.41, 5.74) is 0.611. The summed E-state index contributed by atoms with van der Waals surface area (Å²) in [4.78, 5) is 0. The Morgan fingerprint density at radius 1 is 1.20 bits per heavy atom. The molecular formula is C14H27N. The summed E-state index contributed by atoms with van der Waals surface area (Å²) in [6.45, 7) is 8.38. The van der Waals surface area contributed by atoms with Crippen LogP contribution in [0.1, 0.15) is 59.3 Å². The van der Waals surface area contributed by atoms with E-state index in [0.717, 1.165) is 17.9 Å².